The first-order valence-electron chi connectivity index (χ1n) is 10.4. The Labute approximate surface area is 157 Å². The minimum atomic E-state index is 0.167. The van der Waals surface area contributed by atoms with E-state index in [1.165, 1.54) is 19.3 Å². The highest BCUT2D eigenvalue weighted by Crippen LogP contribution is 2.41. The normalized spacial score (nSPS) is 32.9. The minimum Gasteiger partial charge on any atom is -0.353 e. The van der Waals surface area contributed by atoms with E-state index < -0.39 is 0 Å². The van der Waals surface area contributed by atoms with Crippen molar-refractivity contribution in [2.75, 3.05) is 33.7 Å². The molecule has 1 heterocycles. The van der Waals surface area contributed by atoms with E-state index in [1.54, 1.807) is 19.0 Å². The Bertz CT molecular complexity index is 488. The highest BCUT2D eigenvalue weighted by atomic mass is 16.2. The van der Waals surface area contributed by atoms with Gasteiger partial charge in [0.05, 0.1) is 0 Å². The maximum absolute atomic E-state index is 12.8. The van der Waals surface area contributed by atoms with Gasteiger partial charge in [-0.15, -0.1) is 0 Å². The van der Waals surface area contributed by atoms with Crippen LogP contribution >= 0.6 is 0 Å². The van der Waals surface area contributed by atoms with Gasteiger partial charge in [0, 0.05) is 58.2 Å². The Morgan fingerprint density at radius 3 is 2.27 bits per heavy atom. The number of hydrogen-bond acceptors (Lipinski definition) is 4. The number of nitrogens with one attached hydrogen (secondary N) is 1. The molecule has 0 aromatic carbocycles. The van der Waals surface area contributed by atoms with Gasteiger partial charge in [0.25, 0.3) is 0 Å². The van der Waals surface area contributed by atoms with E-state index in [2.05, 4.69) is 10.2 Å². The summed E-state index contributed by atoms with van der Waals surface area (Å²) >= 11 is 0. The third-order valence-electron chi connectivity index (χ3n) is 6.86. The van der Waals surface area contributed by atoms with Gasteiger partial charge in [0.1, 0.15) is 0 Å². The van der Waals surface area contributed by atoms with Gasteiger partial charge in [-0.2, -0.15) is 0 Å². The molecule has 2 unspecified atom stereocenters. The molecule has 6 nitrogen and oxygen atoms in total. The van der Waals surface area contributed by atoms with Gasteiger partial charge in [-0.25, -0.2) is 0 Å². The van der Waals surface area contributed by atoms with E-state index >= 15 is 0 Å². The molecule has 26 heavy (non-hydrogen) atoms. The van der Waals surface area contributed by atoms with E-state index in [4.69, 9.17) is 5.73 Å². The summed E-state index contributed by atoms with van der Waals surface area (Å²) in [7, 11) is 3.60. The summed E-state index contributed by atoms with van der Waals surface area (Å²) in [5, 5.41) is 3.31. The molecule has 6 heteroatoms. The smallest absolute Gasteiger partial charge is 0.223 e. The van der Waals surface area contributed by atoms with Crippen LogP contribution < -0.4 is 11.1 Å². The molecule has 2 aliphatic carbocycles. The van der Waals surface area contributed by atoms with Crippen molar-refractivity contribution in [3.8, 4) is 0 Å². The predicted octanol–water partition coefficient (Wildman–Crippen LogP) is 1.20. The van der Waals surface area contributed by atoms with Crippen molar-refractivity contribution >= 4 is 11.8 Å². The van der Waals surface area contributed by atoms with Gasteiger partial charge in [0.15, 0.2) is 0 Å². The second kappa shape index (κ2) is 8.70. The molecule has 0 aromatic heterocycles. The molecule has 0 radical (unpaired) electrons. The van der Waals surface area contributed by atoms with Gasteiger partial charge in [0.2, 0.25) is 11.8 Å². The van der Waals surface area contributed by atoms with Crippen molar-refractivity contribution in [1.82, 2.24) is 15.1 Å². The average Bonchev–Trinajstić information content (AvgIpc) is 2.60. The summed E-state index contributed by atoms with van der Waals surface area (Å²) in [6, 6.07) is 0.611. The number of nitrogens with zero attached hydrogens (tertiary/aromatic N) is 2. The van der Waals surface area contributed by atoms with Gasteiger partial charge in [-0.05, 0) is 50.4 Å². The second-order valence-electron chi connectivity index (χ2n) is 8.86. The predicted molar refractivity (Wildman–Crippen MR) is 102 cm³/mol. The molecule has 3 aliphatic rings. The highest BCUT2D eigenvalue weighted by molar-refractivity contribution is 5.79. The summed E-state index contributed by atoms with van der Waals surface area (Å²) in [4.78, 5) is 28.5. The molecule has 2 atom stereocenters. The molecule has 3 fully saturated rings. The number of nitrogens with two attached hydrogens (primary N) is 1. The second-order valence-corrected chi connectivity index (χ2v) is 8.86. The summed E-state index contributed by atoms with van der Waals surface area (Å²) in [5.74, 6) is 1.71. The maximum Gasteiger partial charge on any atom is 0.223 e. The number of rotatable bonds is 5. The summed E-state index contributed by atoms with van der Waals surface area (Å²) in [5.41, 5.74) is 6.35. The van der Waals surface area contributed by atoms with Crippen LogP contribution in [-0.2, 0) is 9.59 Å². The van der Waals surface area contributed by atoms with E-state index in [0.29, 0.717) is 30.3 Å². The lowest BCUT2D eigenvalue weighted by atomic mass is 9.65. The van der Waals surface area contributed by atoms with Crippen LogP contribution in [0, 0.1) is 17.8 Å². The lowest BCUT2D eigenvalue weighted by Gasteiger charge is -2.44. The molecule has 2 amide bonds. The Kier molecular flexibility index (Phi) is 6.56. The van der Waals surface area contributed by atoms with Crippen molar-refractivity contribution in [3.05, 3.63) is 0 Å². The van der Waals surface area contributed by atoms with Crippen LogP contribution in [0.25, 0.3) is 0 Å². The van der Waals surface area contributed by atoms with Crippen molar-refractivity contribution in [3.63, 3.8) is 0 Å². The van der Waals surface area contributed by atoms with Gasteiger partial charge in [-0.3, -0.25) is 9.59 Å². The molecular weight excluding hydrogens is 328 g/mol. The SMILES string of the molecule is CN(C)C(=O)CCN1CCC(NC(=O)C2CC3CCCC(C2)C3N)CC1. The quantitative estimate of drug-likeness (QED) is 0.768. The molecule has 3 N–H and O–H groups in total. The number of amides is 2. The van der Waals surface area contributed by atoms with E-state index in [1.807, 2.05) is 0 Å². The largest absolute Gasteiger partial charge is 0.353 e. The number of likely N-dealkylation sites (tertiary alicyclic amines) is 1. The number of piperidine rings is 1. The molecule has 1 aliphatic heterocycles. The van der Waals surface area contributed by atoms with Crippen LogP contribution in [0.5, 0.6) is 0 Å². The zero-order valence-corrected chi connectivity index (χ0v) is 16.5. The van der Waals surface area contributed by atoms with Crippen molar-refractivity contribution < 1.29 is 9.59 Å². The molecule has 148 valence electrons. The lowest BCUT2D eigenvalue weighted by Crippen LogP contribution is -2.51. The molecule has 3 rings (SSSR count). The number of carbonyl (C=O) groups is 2. The fourth-order valence-corrected chi connectivity index (χ4v) is 5.10. The fourth-order valence-electron chi connectivity index (χ4n) is 5.10. The number of hydrogen-bond donors (Lipinski definition) is 2. The van der Waals surface area contributed by atoms with Crippen LogP contribution in [-0.4, -0.2) is 67.4 Å². The fraction of sp³-hybridized carbons (Fsp3) is 0.900. The molecule has 1 saturated heterocycles. The highest BCUT2D eigenvalue weighted by Gasteiger charge is 2.40. The van der Waals surface area contributed by atoms with Crippen LogP contribution in [0.1, 0.15) is 51.4 Å². The molecule has 0 spiro atoms. The lowest BCUT2D eigenvalue weighted by molar-refractivity contribution is -0.129. The Morgan fingerprint density at radius 1 is 1.08 bits per heavy atom. The Morgan fingerprint density at radius 2 is 1.69 bits per heavy atom. The van der Waals surface area contributed by atoms with Gasteiger partial charge >= 0.3 is 0 Å². The standard InChI is InChI=1S/C20H36N4O2/c1-23(2)18(25)8-11-24-9-6-17(7-10-24)22-20(26)16-12-14-4-3-5-15(13-16)19(14)21/h14-17,19H,3-13,21H2,1-2H3,(H,22,26). The van der Waals surface area contributed by atoms with E-state index in [-0.39, 0.29) is 17.7 Å². The Hall–Kier alpha value is -1.14. The third-order valence-corrected chi connectivity index (χ3v) is 6.86. The summed E-state index contributed by atoms with van der Waals surface area (Å²) in [6.07, 6.45) is 8.20. The van der Waals surface area contributed by atoms with Crippen LogP contribution in [0.2, 0.25) is 0 Å². The van der Waals surface area contributed by atoms with Crippen LogP contribution in [0.15, 0.2) is 0 Å². The van der Waals surface area contributed by atoms with Crippen molar-refractivity contribution in [2.45, 2.75) is 63.5 Å². The van der Waals surface area contributed by atoms with Gasteiger partial charge < -0.3 is 20.9 Å². The molecule has 0 aromatic rings. The zero-order valence-electron chi connectivity index (χ0n) is 16.5. The molecule has 2 bridgehead atoms. The van der Waals surface area contributed by atoms with Crippen molar-refractivity contribution in [1.29, 1.82) is 0 Å². The zero-order chi connectivity index (χ0) is 18.7. The molecule has 2 saturated carbocycles. The first-order chi connectivity index (χ1) is 12.4. The number of carbonyl (C=O) groups excluding carboxylic acids is 2. The van der Waals surface area contributed by atoms with Crippen molar-refractivity contribution in [2.24, 2.45) is 23.5 Å². The van der Waals surface area contributed by atoms with E-state index in [0.717, 1.165) is 45.3 Å². The third kappa shape index (κ3) is 4.77. The number of fused-ring (bicyclic) bond motifs is 2. The van der Waals surface area contributed by atoms with Gasteiger partial charge in [-0.1, -0.05) is 6.42 Å². The minimum absolute atomic E-state index is 0.167. The maximum atomic E-state index is 12.8. The monoisotopic (exact) mass is 364 g/mol. The first-order valence-corrected chi connectivity index (χ1v) is 10.4. The van der Waals surface area contributed by atoms with Crippen LogP contribution in [0.4, 0.5) is 0 Å². The first kappa shape index (κ1) is 19.6. The molecular formula is C20H36N4O2. The van der Waals surface area contributed by atoms with E-state index in [9.17, 15) is 9.59 Å². The Balaban J connectivity index is 1.39. The summed E-state index contributed by atoms with van der Waals surface area (Å²) < 4.78 is 0. The topological polar surface area (TPSA) is 78.7 Å². The average molecular weight is 365 g/mol. The van der Waals surface area contributed by atoms with Crippen LogP contribution in [0.3, 0.4) is 0 Å². The summed E-state index contributed by atoms with van der Waals surface area (Å²) in [6.45, 7) is 2.75.